The maximum atomic E-state index is 4.10. The van der Waals surface area contributed by atoms with Gasteiger partial charge in [0.05, 0.1) is 5.69 Å². The number of halogens is 1. The van der Waals surface area contributed by atoms with E-state index in [0.29, 0.717) is 0 Å². The Morgan fingerprint density at radius 2 is 2.44 bits per heavy atom. The lowest BCUT2D eigenvalue weighted by Gasteiger charge is -1.93. The first-order chi connectivity index (χ1) is 4.43. The second-order valence-electron chi connectivity index (χ2n) is 1.63. The van der Waals surface area contributed by atoms with Crippen molar-refractivity contribution in [3.63, 3.8) is 0 Å². The molecule has 0 spiro atoms. The third-order valence-corrected chi connectivity index (χ3v) is 1.36. The van der Waals surface area contributed by atoms with Gasteiger partial charge in [0, 0.05) is 35.6 Å². The van der Waals surface area contributed by atoms with E-state index >= 15 is 0 Å². The molecule has 0 aliphatic heterocycles. The Morgan fingerprint density at radius 1 is 1.56 bits per heavy atom. The summed E-state index contributed by atoms with van der Waals surface area (Å²) in [4.78, 5) is 4.10. The first-order valence-corrected chi connectivity index (χ1v) is 3.75. The zero-order valence-electron chi connectivity index (χ0n) is 4.84. The van der Waals surface area contributed by atoms with Gasteiger partial charge in [0.2, 0.25) is 0 Å². The van der Waals surface area contributed by atoms with Gasteiger partial charge in [-0.15, -0.1) is 0 Å². The van der Waals surface area contributed by atoms with Gasteiger partial charge in [-0.25, -0.2) is 0 Å². The minimum atomic E-state index is 0.835. The van der Waals surface area contributed by atoms with Gasteiger partial charge in [-0.1, -0.05) is 6.07 Å². The molecular formula is C6H7IN2. The van der Waals surface area contributed by atoms with Gasteiger partial charge in [0.15, 0.2) is 0 Å². The summed E-state index contributed by atoms with van der Waals surface area (Å²) >= 11 is 2.10. The van der Waals surface area contributed by atoms with Crippen LogP contribution in [0.5, 0.6) is 0 Å². The predicted molar refractivity (Wildman–Crippen MR) is 45.1 cm³/mol. The highest BCUT2D eigenvalue weighted by Gasteiger charge is 1.86. The normalized spacial score (nSPS) is 9.44. The number of hydrogen-bond donors (Lipinski definition) is 1. The summed E-state index contributed by atoms with van der Waals surface area (Å²) in [6.07, 6.45) is 1.79. The molecule has 0 fully saturated rings. The van der Waals surface area contributed by atoms with Crippen molar-refractivity contribution in [2.24, 2.45) is 0 Å². The highest BCUT2D eigenvalue weighted by atomic mass is 127. The second-order valence-corrected chi connectivity index (χ2v) is 2.39. The number of rotatable bonds is 2. The molecule has 0 aromatic carbocycles. The molecule has 0 atom stereocenters. The Kier molecular flexibility index (Phi) is 2.93. The predicted octanol–water partition coefficient (Wildman–Crippen LogP) is 1.52. The van der Waals surface area contributed by atoms with E-state index in [9.17, 15) is 0 Å². The van der Waals surface area contributed by atoms with Gasteiger partial charge in [0.25, 0.3) is 0 Å². The molecule has 0 saturated heterocycles. The Labute approximate surface area is 68.2 Å². The van der Waals surface area contributed by atoms with Crippen molar-refractivity contribution in [2.75, 3.05) is 0 Å². The molecule has 0 radical (unpaired) electrons. The summed E-state index contributed by atoms with van der Waals surface area (Å²) in [5.41, 5.74) is 1.08. The fraction of sp³-hybridized carbons (Fsp3) is 0.167. The molecule has 2 nitrogen and oxygen atoms in total. The minimum absolute atomic E-state index is 0.835. The molecule has 1 aromatic heterocycles. The molecule has 1 N–H and O–H groups in total. The fourth-order valence-electron chi connectivity index (χ4n) is 0.571. The Morgan fingerprint density at radius 3 is 3.00 bits per heavy atom. The van der Waals surface area contributed by atoms with Gasteiger partial charge < -0.3 is 0 Å². The van der Waals surface area contributed by atoms with Crippen LogP contribution in [0.25, 0.3) is 0 Å². The summed E-state index contributed by atoms with van der Waals surface area (Å²) in [5, 5.41) is 0. The number of aromatic nitrogens is 1. The highest BCUT2D eigenvalue weighted by molar-refractivity contribution is 14.1. The third kappa shape index (κ3) is 2.28. The van der Waals surface area contributed by atoms with Gasteiger partial charge in [-0.05, 0) is 12.1 Å². The molecule has 0 amide bonds. The minimum Gasteiger partial charge on any atom is -0.260 e. The van der Waals surface area contributed by atoms with Crippen LogP contribution in [0.4, 0.5) is 0 Å². The molecule has 0 aliphatic carbocycles. The zero-order valence-corrected chi connectivity index (χ0v) is 7.00. The Balaban J connectivity index is 2.61. The van der Waals surface area contributed by atoms with Gasteiger partial charge in [0.1, 0.15) is 0 Å². The van der Waals surface area contributed by atoms with Crippen LogP contribution in [0, 0.1) is 0 Å². The standard InChI is InChI=1S/C6H7IN2/c7-9-5-6-3-1-2-4-8-6/h1-4,9H,5H2. The maximum Gasteiger partial charge on any atom is 0.0549 e. The molecule has 1 aromatic rings. The summed E-state index contributed by atoms with van der Waals surface area (Å²) in [5.74, 6) is 0. The van der Waals surface area contributed by atoms with Crippen molar-refractivity contribution in [1.29, 1.82) is 0 Å². The number of nitrogens with zero attached hydrogens (tertiary/aromatic N) is 1. The van der Waals surface area contributed by atoms with E-state index in [1.165, 1.54) is 0 Å². The largest absolute Gasteiger partial charge is 0.260 e. The van der Waals surface area contributed by atoms with E-state index in [2.05, 4.69) is 31.4 Å². The van der Waals surface area contributed by atoms with E-state index in [1.807, 2.05) is 18.2 Å². The molecular weight excluding hydrogens is 227 g/mol. The summed E-state index contributed by atoms with van der Waals surface area (Å²) < 4.78 is 2.99. The molecule has 0 unspecified atom stereocenters. The first-order valence-electron chi connectivity index (χ1n) is 2.67. The first kappa shape index (κ1) is 6.95. The van der Waals surface area contributed by atoms with Crippen LogP contribution in [-0.2, 0) is 6.54 Å². The Bertz CT molecular complexity index is 164. The topological polar surface area (TPSA) is 24.9 Å². The van der Waals surface area contributed by atoms with Crippen LogP contribution >= 0.6 is 22.9 Å². The van der Waals surface area contributed by atoms with Crippen molar-refractivity contribution in [3.05, 3.63) is 30.1 Å². The lowest BCUT2D eigenvalue weighted by Crippen LogP contribution is -1.98. The molecule has 48 valence electrons. The van der Waals surface area contributed by atoms with E-state index in [0.717, 1.165) is 12.2 Å². The van der Waals surface area contributed by atoms with Gasteiger partial charge in [-0.3, -0.25) is 8.51 Å². The number of pyridine rings is 1. The van der Waals surface area contributed by atoms with Crippen molar-refractivity contribution >= 4 is 22.9 Å². The number of hydrogen-bond acceptors (Lipinski definition) is 2. The van der Waals surface area contributed by atoms with Gasteiger partial charge >= 0.3 is 0 Å². The summed E-state index contributed by atoms with van der Waals surface area (Å²) in [6.45, 7) is 0.835. The molecule has 1 rings (SSSR count). The maximum absolute atomic E-state index is 4.10. The average molecular weight is 234 g/mol. The quantitative estimate of drug-likeness (QED) is 0.619. The van der Waals surface area contributed by atoms with E-state index in [4.69, 9.17) is 0 Å². The average Bonchev–Trinajstić information content (AvgIpc) is 1.91. The molecule has 0 saturated carbocycles. The summed E-state index contributed by atoms with van der Waals surface area (Å²) in [7, 11) is 0. The second kappa shape index (κ2) is 3.79. The van der Waals surface area contributed by atoms with Gasteiger partial charge in [-0.2, -0.15) is 0 Å². The molecule has 1 heterocycles. The Hall–Kier alpha value is -0.160. The van der Waals surface area contributed by atoms with Crippen LogP contribution in [-0.4, -0.2) is 4.98 Å². The van der Waals surface area contributed by atoms with E-state index < -0.39 is 0 Å². The van der Waals surface area contributed by atoms with Crippen molar-refractivity contribution < 1.29 is 0 Å². The smallest absolute Gasteiger partial charge is 0.0549 e. The lowest BCUT2D eigenvalue weighted by atomic mass is 10.4. The van der Waals surface area contributed by atoms with E-state index in [-0.39, 0.29) is 0 Å². The molecule has 0 aliphatic rings. The molecule has 0 bridgehead atoms. The van der Waals surface area contributed by atoms with Crippen LogP contribution in [0.3, 0.4) is 0 Å². The number of nitrogens with one attached hydrogen (secondary N) is 1. The van der Waals surface area contributed by atoms with Crippen molar-refractivity contribution in [2.45, 2.75) is 6.54 Å². The highest BCUT2D eigenvalue weighted by Crippen LogP contribution is 1.92. The van der Waals surface area contributed by atoms with E-state index in [1.54, 1.807) is 6.20 Å². The molecule has 9 heavy (non-hydrogen) atoms. The van der Waals surface area contributed by atoms with Crippen LogP contribution < -0.4 is 3.53 Å². The van der Waals surface area contributed by atoms with Crippen LogP contribution in [0.1, 0.15) is 5.69 Å². The fourth-order valence-corrected chi connectivity index (χ4v) is 0.962. The zero-order chi connectivity index (χ0) is 6.53. The lowest BCUT2D eigenvalue weighted by molar-refractivity contribution is 0.949. The monoisotopic (exact) mass is 234 g/mol. The SMILES string of the molecule is INCc1ccccn1. The van der Waals surface area contributed by atoms with Crippen LogP contribution in [0.15, 0.2) is 24.4 Å². The van der Waals surface area contributed by atoms with Crippen molar-refractivity contribution in [3.8, 4) is 0 Å². The van der Waals surface area contributed by atoms with Crippen molar-refractivity contribution in [1.82, 2.24) is 8.51 Å². The summed E-state index contributed by atoms with van der Waals surface area (Å²) in [6, 6.07) is 5.89. The van der Waals surface area contributed by atoms with Crippen LogP contribution in [0.2, 0.25) is 0 Å². The third-order valence-electron chi connectivity index (χ3n) is 0.974. The molecule has 3 heteroatoms.